The van der Waals surface area contributed by atoms with Gasteiger partial charge in [-0.05, 0) is 49.4 Å². The molecule has 0 aliphatic carbocycles. The average Bonchev–Trinajstić information content (AvgIpc) is 3.25. The topological polar surface area (TPSA) is 62.2 Å². The standard InChI is InChI=1S/C27H28ClN3O3S/c1-4-30(5-2)23(32)15-22-17-35-27-29-18(3)24(26(33)34-16-19-9-7-6-8-10-19)25(31(22)27)20-11-13-21(28)14-12-20/h6-14,17,25H,4-5,15-16H2,1-3H3/t25-/m1/s1. The van der Waals surface area contributed by atoms with Crippen LogP contribution in [-0.2, 0) is 20.9 Å². The molecule has 6 nitrogen and oxygen atoms in total. The van der Waals surface area contributed by atoms with Crippen molar-refractivity contribution >= 4 is 40.4 Å². The molecule has 1 atom stereocenters. The van der Waals surface area contributed by atoms with Crippen molar-refractivity contribution in [2.24, 2.45) is 4.99 Å². The Morgan fingerprint density at radius 2 is 1.77 bits per heavy atom. The molecule has 2 aromatic carbocycles. The zero-order chi connectivity index (χ0) is 24.9. The molecule has 0 fully saturated rings. The van der Waals surface area contributed by atoms with E-state index >= 15 is 0 Å². The van der Waals surface area contributed by atoms with E-state index in [1.165, 1.54) is 11.8 Å². The van der Waals surface area contributed by atoms with Gasteiger partial charge in [-0.1, -0.05) is 65.8 Å². The number of esters is 1. The summed E-state index contributed by atoms with van der Waals surface area (Å²) in [7, 11) is 0. The highest BCUT2D eigenvalue weighted by atomic mass is 35.5. The van der Waals surface area contributed by atoms with Crippen LogP contribution in [0.1, 0.15) is 44.4 Å². The second kappa shape index (κ2) is 11.1. The monoisotopic (exact) mass is 509 g/mol. The number of thioether (sulfide) groups is 1. The predicted octanol–water partition coefficient (Wildman–Crippen LogP) is 5.92. The molecule has 0 spiro atoms. The first-order valence-corrected chi connectivity index (χ1v) is 12.9. The van der Waals surface area contributed by atoms with Crippen LogP contribution in [0.15, 0.2) is 82.0 Å². The fourth-order valence-electron chi connectivity index (χ4n) is 4.24. The lowest BCUT2D eigenvalue weighted by Crippen LogP contribution is -2.38. The number of amides is 1. The Labute approximate surface area is 215 Å². The Morgan fingerprint density at radius 3 is 2.43 bits per heavy atom. The van der Waals surface area contributed by atoms with Crippen molar-refractivity contribution in [3.05, 3.63) is 93.1 Å². The highest BCUT2D eigenvalue weighted by Crippen LogP contribution is 2.45. The molecule has 2 heterocycles. The number of halogens is 1. The third kappa shape index (κ3) is 5.46. The molecule has 0 N–H and O–H groups in total. The number of allylic oxidation sites excluding steroid dienone is 1. The van der Waals surface area contributed by atoms with E-state index in [1.807, 2.05) is 73.5 Å². The van der Waals surface area contributed by atoms with E-state index in [2.05, 4.69) is 0 Å². The molecule has 0 aromatic heterocycles. The van der Waals surface area contributed by atoms with Gasteiger partial charge in [0.25, 0.3) is 0 Å². The van der Waals surface area contributed by atoms with Crippen LogP contribution >= 0.6 is 23.4 Å². The Balaban J connectivity index is 1.68. The predicted molar refractivity (Wildman–Crippen MR) is 141 cm³/mol. The van der Waals surface area contributed by atoms with Gasteiger partial charge in [-0.25, -0.2) is 9.79 Å². The molecule has 0 bridgehead atoms. The molecule has 8 heteroatoms. The second-order valence-corrected chi connectivity index (χ2v) is 9.52. The van der Waals surface area contributed by atoms with Crippen molar-refractivity contribution in [2.75, 3.05) is 13.1 Å². The largest absolute Gasteiger partial charge is 0.457 e. The Bertz CT molecular complexity index is 1190. The van der Waals surface area contributed by atoms with Crippen molar-refractivity contribution in [2.45, 2.75) is 39.8 Å². The zero-order valence-electron chi connectivity index (χ0n) is 20.0. The number of fused-ring (bicyclic) bond motifs is 1. The van der Waals surface area contributed by atoms with Gasteiger partial charge in [0.2, 0.25) is 5.91 Å². The zero-order valence-corrected chi connectivity index (χ0v) is 21.6. The van der Waals surface area contributed by atoms with E-state index in [0.29, 0.717) is 29.4 Å². The molecule has 182 valence electrons. The summed E-state index contributed by atoms with van der Waals surface area (Å²) in [6, 6.07) is 16.5. The number of carbonyl (C=O) groups is 2. The molecular formula is C27H28ClN3O3S. The van der Waals surface area contributed by atoms with E-state index in [0.717, 1.165) is 22.0 Å². The van der Waals surface area contributed by atoms with Crippen LogP contribution in [0.4, 0.5) is 0 Å². The van der Waals surface area contributed by atoms with Crippen molar-refractivity contribution in [3.63, 3.8) is 0 Å². The number of rotatable bonds is 8. The number of amidine groups is 1. The molecule has 1 amide bonds. The number of carbonyl (C=O) groups excluding carboxylic acids is 2. The van der Waals surface area contributed by atoms with Gasteiger partial charge in [0.05, 0.1) is 23.7 Å². The molecular weight excluding hydrogens is 482 g/mol. The first-order valence-electron chi connectivity index (χ1n) is 11.6. The Hall–Kier alpha value is -3.03. The number of nitrogens with zero attached hydrogens (tertiary/aromatic N) is 3. The van der Waals surface area contributed by atoms with Gasteiger partial charge >= 0.3 is 5.97 Å². The number of benzene rings is 2. The van der Waals surface area contributed by atoms with Crippen LogP contribution in [0.2, 0.25) is 5.02 Å². The lowest BCUT2D eigenvalue weighted by Gasteiger charge is -2.36. The maximum Gasteiger partial charge on any atom is 0.338 e. The molecule has 0 saturated carbocycles. The summed E-state index contributed by atoms with van der Waals surface area (Å²) in [5, 5.41) is 3.30. The fourth-order valence-corrected chi connectivity index (χ4v) is 5.33. The van der Waals surface area contributed by atoms with E-state index < -0.39 is 12.0 Å². The molecule has 2 aliphatic heterocycles. The van der Waals surface area contributed by atoms with Crippen LogP contribution in [-0.4, -0.2) is 39.9 Å². The fraction of sp³-hybridized carbons (Fsp3) is 0.296. The highest BCUT2D eigenvalue weighted by molar-refractivity contribution is 8.16. The smallest absolute Gasteiger partial charge is 0.338 e. The van der Waals surface area contributed by atoms with Crippen LogP contribution in [0.5, 0.6) is 0 Å². The summed E-state index contributed by atoms with van der Waals surface area (Å²) in [6.45, 7) is 7.22. The third-order valence-corrected chi connectivity index (χ3v) is 7.21. The first kappa shape index (κ1) is 25.1. The average molecular weight is 510 g/mol. The quantitative estimate of drug-likeness (QED) is 0.413. The van der Waals surface area contributed by atoms with Gasteiger partial charge in [-0.3, -0.25) is 4.79 Å². The van der Waals surface area contributed by atoms with Crippen molar-refractivity contribution in [3.8, 4) is 0 Å². The molecule has 2 aromatic rings. The van der Waals surface area contributed by atoms with E-state index in [-0.39, 0.29) is 18.9 Å². The molecule has 35 heavy (non-hydrogen) atoms. The Morgan fingerprint density at radius 1 is 1.09 bits per heavy atom. The third-order valence-electron chi connectivity index (χ3n) is 6.07. The van der Waals surface area contributed by atoms with E-state index in [1.54, 1.807) is 17.0 Å². The van der Waals surface area contributed by atoms with Gasteiger partial charge in [0.1, 0.15) is 6.61 Å². The summed E-state index contributed by atoms with van der Waals surface area (Å²) >= 11 is 7.63. The minimum Gasteiger partial charge on any atom is -0.457 e. The molecule has 0 unspecified atom stereocenters. The highest BCUT2D eigenvalue weighted by Gasteiger charge is 2.41. The van der Waals surface area contributed by atoms with Gasteiger partial charge in [0.15, 0.2) is 5.17 Å². The van der Waals surface area contributed by atoms with Crippen LogP contribution in [0.3, 0.4) is 0 Å². The number of ether oxygens (including phenoxy) is 1. The lowest BCUT2D eigenvalue weighted by atomic mass is 9.94. The van der Waals surface area contributed by atoms with Crippen LogP contribution in [0.25, 0.3) is 0 Å². The van der Waals surface area contributed by atoms with Gasteiger partial charge in [-0.15, -0.1) is 0 Å². The number of hydrogen-bond acceptors (Lipinski definition) is 6. The number of aliphatic imine (C=N–C) groups is 1. The second-order valence-electron chi connectivity index (χ2n) is 8.25. The van der Waals surface area contributed by atoms with Crippen LogP contribution in [0, 0.1) is 0 Å². The normalized spacial score (nSPS) is 17.0. The van der Waals surface area contributed by atoms with E-state index in [4.69, 9.17) is 21.3 Å². The van der Waals surface area contributed by atoms with Crippen LogP contribution < -0.4 is 0 Å². The van der Waals surface area contributed by atoms with E-state index in [9.17, 15) is 9.59 Å². The van der Waals surface area contributed by atoms with Crippen molar-refractivity contribution in [1.29, 1.82) is 0 Å². The number of hydrogen-bond donors (Lipinski definition) is 0. The summed E-state index contributed by atoms with van der Waals surface area (Å²) in [6.07, 6.45) is 0.225. The first-order chi connectivity index (χ1) is 16.9. The van der Waals surface area contributed by atoms with Gasteiger partial charge in [-0.2, -0.15) is 0 Å². The molecule has 0 radical (unpaired) electrons. The summed E-state index contributed by atoms with van der Waals surface area (Å²) < 4.78 is 5.73. The summed E-state index contributed by atoms with van der Waals surface area (Å²) in [4.78, 5) is 34.9. The minimum atomic E-state index is -0.478. The molecule has 0 saturated heterocycles. The summed E-state index contributed by atoms with van der Waals surface area (Å²) in [5.41, 5.74) is 3.65. The molecule has 4 rings (SSSR count). The minimum absolute atomic E-state index is 0.0393. The Kier molecular flexibility index (Phi) is 7.98. The van der Waals surface area contributed by atoms with Crippen molar-refractivity contribution in [1.82, 2.24) is 9.80 Å². The van der Waals surface area contributed by atoms with Crippen molar-refractivity contribution < 1.29 is 14.3 Å². The SMILES string of the molecule is CCN(CC)C(=O)CC1=CSC2=NC(C)=C(C(=O)OCc3ccccc3)[C@@H](c3ccc(Cl)cc3)N12. The van der Waals surface area contributed by atoms with Gasteiger partial charge in [0, 0.05) is 23.8 Å². The lowest BCUT2D eigenvalue weighted by molar-refractivity contribution is -0.141. The summed E-state index contributed by atoms with van der Waals surface area (Å²) in [5.74, 6) is -0.391. The maximum atomic E-state index is 13.4. The maximum absolute atomic E-state index is 13.4. The van der Waals surface area contributed by atoms with Gasteiger partial charge < -0.3 is 14.5 Å². The molecule has 2 aliphatic rings.